The highest BCUT2D eigenvalue weighted by molar-refractivity contribution is 5.91. The minimum absolute atomic E-state index is 0.154. The molecule has 5 rings (SSSR count). The zero-order valence-electron chi connectivity index (χ0n) is 16.7. The molecule has 2 saturated carbocycles. The first-order valence-corrected chi connectivity index (χ1v) is 10.6. The largest absolute Gasteiger partial charge is 0.347 e. The third-order valence-corrected chi connectivity index (χ3v) is 6.64. The number of amides is 1. The van der Waals surface area contributed by atoms with Crippen molar-refractivity contribution in [2.45, 2.75) is 38.6 Å². The van der Waals surface area contributed by atoms with Crippen LogP contribution in [0.25, 0.3) is 17.1 Å². The standard InChI is InChI=1S/C24H26N4O/c1-16(21-15-17-12-13-19(21)14-17)25-24(29)22-26-23(18-8-4-2-5-9-18)28(27-22)20-10-6-3-7-11-20/h2-11,16-17,19,21H,12-15H2,1H3,(H,25,29)/t16-,17-,19-,21-/m0/s1. The van der Waals surface area contributed by atoms with Crippen LogP contribution in [0.1, 0.15) is 43.2 Å². The van der Waals surface area contributed by atoms with Gasteiger partial charge in [-0.3, -0.25) is 4.79 Å². The molecule has 5 heteroatoms. The molecule has 0 radical (unpaired) electrons. The van der Waals surface area contributed by atoms with Gasteiger partial charge in [0, 0.05) is 11.6 Å². The van der Waals surface area contributed by atoms with Crippen molar-refractivity contribution >= 4 is 5.91 Å². The Hall–Kier alpha value is -2.95. The van der Waals surface area contributed by atoms with E-state index in [0.29, 0.717) is 11.7 Å². The summed E-state index contributed by atoms with van der Waals surface area (Å²) >= 11 is 0. The van der Waals surface area contributed by atoms with Gasteiger partial charge in [0.1, 0.15) is 0 Å². The molecule has 0 saturated heterocycles. The first kappa shape index (κ1) is 18.1. The average Bonchev–Trinajstić information content (AvgIpc) is 3.50. The van der Waals surface area contributed by atoms with Gasteiger partial charge in [0.15, 0.2) is 5.82 Å². The fraction of sp³-hybridized carbons (Fsp3) is 0.375. The number of aromatic nitrogens is 3. The monoisotopic (exact) mass is 386 g/mol. The Balaban J connectivity index is 1.43. The Kier molecular flexibility index (Phi) is 4.66. The highest BCUT2D eigenvalue weighted by Crippen LogP contribution is 2.49. The molecule has 0 spiro atoms. The van der Waals surface area contributed by atoms with E-state index in [0.717, 1.165) is 23.1 Å². The van der Waals surface area contributed by atoms with Crippen molar-refractivity contribution in [2.24, 2.45) is 17.8 Å². The van der Waals surface area contributed by atoms with Crippen LogP contribution in [0.3, 0.4) is 0 Å². The van der Waals surface area contributed by atoms with E-state index in [-0.39, 0.29) is 17.8 Å². The Bertz CT molecular complexity index is 941. The van der Waals surface area contributed by atoms with E-state index in [2.05, 4.69) is 22.3 Å². The average molecular weight is 386 g/mol. The fourth-order valence-corrected chi connectivity index (χ4v) is 5.22. The SMILES string of the molecule is C[C@H](NC(=O)c1nc(-c2ccccc2)n(-c2ccccc2)n1)[C@@H]1C[C@H]2CC[C@H]1C2. The molecule has 29 heavy (non-hydrogen) atoms. The number of para-hydroxylation sites is 1. The predicted molar refractivity (Wildman–Crippen MR) is 113 cm³/mol. The van der Waals surface area contributed by atoms with Crippen LogP contribution in [0.5, 0.6) is 0 Å². The minimum Gasteiger partial charge on any atom is -0.347 e. The van der Waals surface area contributed by atoms with E-state index >= 15 is 0 Å². The predicted octanol–water partition coefficient (Wildman–Crippen LogP) is 4.49. The summed E-state index contributed by atoms with van der Waals surface area (Å²) in [5, 5.41) is 7.77. The lowest BCUT2D eigenvalue weighted by atomic mass is 9.84. The van der Waals surface area contributed by atoms with E-state index < -0.39 is 0 Å². The summed E-state index contributed by atoms with van der Waals surface area (Å²) in [6, 6.07) is 19.9. The maximum Gasteiger partial charge on any atom is 0.291 e. The van der Waals surface area contributed by atoms with Gasteiger partial charge >= 0.3 is 0 Å². The Labute approximate surface area is 171 Å². The number of rotatable bonds is 5. The molecule has 2 fully saturated rings. The first-order valence-electron chi connectivity index (χ1n) is 10.6. The van der Waals surface area contributed by atoms with Crippen molar-refractivity contribution in [3.63, 3.8) is 0 Å². The molecule has 148 valence electrons. The Morgan fingerprint density at radius 1 is 1.03 bits per heavy atom. The Morgan fingerprint density at radius 3 is 2.41 bits per heavy atom. The van der Waals surface area contributed by atoms with Crippen LogP contribution < -0.4 is 5.32 Å². The van der Waals surface area contributed by atoms with Crippen molar-refractivity contribution in [2.75, 3.05) is 0 Å². The van der Waals surface area contributed by atoms with Gasteiger partial charge in [-0.25, -0.2) is 9.67 Å². The van der Waals surface area contributed by atoms with Crippen LogP contribution in [0, 0.1) is 17.8 Å². The molecular formula is C24H26N4O. The van der Waals surface area contributed by atoms with E-state index in [1.54, 1.807) is 4.68 Å². The second-order valence-corrected chi connectivity index (χ2v) is 8.47. The number of fused-ring (bicyclic) bond motifs is 2. The van der Waals surface area contributed by atoms with Crippen LogP contribution in [0.15, 0.2) is 60.7 Å². The van der Waals surface area contributed by atoms with Crippen LogP contribution >= 0.6 is 0 Å². The maximum absolute atomic E-state index is 13.0. The molecule has 2 aliphatic carbocycles. The summed E-state index contributed by atoms with van der Waals surface area (Å²) in [7, 11) is 0. The molecule has 3 aromatic rings. The number of hydrogen-bond donors (Lipinski definition) is 1. The molecular weight excluding hydrogens is 360 g/mol. The summed E-state index contributed by atoms with van der Waals surface area (Å²) in [5.41, 5.74) is 1.82. The van der Waals surface area contributed by atoms with Crippen molar-refractivity contribution in [1.82, 2.24) is 20.1 Å². The highest BCUT2D eigenvalue weighted by atomic mass is 16.2. The van der Waals surface area contributed by atoms with Crippen LogP contribution in [0.4, 0.5) is 0 Å². The summed E-state index contributed by atoms with van der Waals surface area (Å²) in [5.74, 6) is 2.93. The lowest BCUT2D eigenvalue weighted by molar-refractivity contribution is 0.0905. The zero-order valence-corrected chi connectivity index (χ0v) is 16.7. The number of carbonyl (C=O) groups is 1. The van der Waals surface area contributed by atoms with Gasteiger partial charge in [-0.15, -0.1) is 5.10 Å². The van der Waals surface area contributed by atoms with E-state index in [1.165, 1.54) is 25.7 Å². The van der Waals surface area contributed by atoms with Gasteiger partial charge in [0.05, 0.1) is 5.69 Å². The van der Waals surface area contributed by atoms with Crippen molar-refractivity contribution in [3.05, 3.63) is 66.5 Å². The summed E-state index contributed by atoms with van der Waals surface area (Å²) < 4.78 is 1.76. The van der Waals surface area contributed by atoms with E-state index in [4.69, 9.17) is 0 Å². The number of nitrogens with zero attached hydrogens (tertiary/aromatic N) is 3. The molecule has 5 nitrogen and oxygen atoms in total. The van der Waals surface area contributed by atoms with E-state index in [9.17, 15) is 4.79 Å². The van der Waals surface area contributed by atoms with Gasteiger partial charge < -0.3 is 5.32 Å². The third kappa shape index (κ3) is 3.46. The number of benzene rings is 2. The van der Waals surface area contributed by atoms with Gasteiger partial charge in [0.2, 0.25) is 5.82 Å². The van der Waals surface area contributed by atoms with Crippen molar-refractivity contribution in [1.29, 1.82) is 0 Å². The summed E-state index contributed by atoms with van der Waals surface area (Å²) in [6.07, 6.45) is 5.26. The molecule has 2 aromatic carbocycles. The molecule has 2 aliphatic rings. The molecule has 1 amide bonds. The van der Waals surface area contributed by atoms with Gasteiger partial charge in [0.25, 0.3) is 5.91 Å². The van der Waals surface area contributed by atoms with Gasteiger partial charge in [-0.1, -0.05) is 55.0 Å². The van der Waals surface area contributed by atoms with E-state index in [1.807, 2.05) is 60.7 Å². The molecule has 2 bridgehead atoms. The van der Waals surface area contributed by atoms with Gasteiger partial charge in [-0.2, -0.15) is 0 Å². The maximum atomic E-state index is 13.0. The smallest absolute Gasteiger partial charge is 0.291 e. The molecule has 0 unspecified atom stereocenters. The summed E-state index contributed by atoms with van der Waals surface area (Å²) in [6.45, 7) is 2.13. The van der Waals surface area contributed by atoms with Crippen molar-refractivity contribution < 1.29 is 4.79 Å². The molecule has 1 aromatic heterocycles. The van der Waals surface area contributed by atoms with Crippen LogP contribution in [-0.4, -0.2) is 26.7 Å². The molecule has 1 N–H and O–H groups in total. The van der Waals surface area contributed by atoms with Gasteiger partial charge in [-0.05, 0) is 56.1 Å². The lowest BCUT2D eigenvalue weighted by Gasteiger charge is -2.28. The minimum atomic E-state index is -0.188. The number of carbonyl (C=O) groups excluding carboxylic acids is 1. The van der Waals surface area contributed by atoms with Crippen LogP contribution in [-0.2, 0) is 0 Å². The van der Waals surface area contributed by atoms with Crippen LogP contribution in [0.2, 0.25) is 0 Å². The van der Waals surface area contributed by atoms with Crippen molar-refractivity contribution in [3.8, 4) is 17.1 Å². The first-order chi connectivity index (χ1) is 14.2. The Morgan fingerprint density at radius 2 is 1.76 bits per heavy atom. The number of hydrogen-bond acceptors (Lipinski definition) is 3. The third-order valence-electron chi connectivity index (χ3n) is 6.64. The summed E-state index contributed by atoms with van der Waals surface area (Å²) in [4.78, 5) is 17.6. The number of nitrogens with one attached hydrogen (secondary N) is 1. The zero-order chi connectivity index (χ0) is 19.8. The lowest BCUT2D eigenvalue weighted by Crippen LogP contribution is -2.40. The normalized spacial score (nSPS) is 23.8. The second-order valence-electron chi connectivity index (χ2n) is 8.47. The highest BCUT2D eigenvalue weighted by Gasteiger charge is 2.42. The second kappa shape index (κ2) is 7.47. The fourth-order valence-electron chi connectivity index (χ4n) is 5.22. The quantitative estimate of drug-likeness (QED) is 0.703. The molecule has 0 aliphatic heterocycles. The molecule has 1 heterocycles. The molecule has 4 atom stereocenters. The topological polar surface area (TPSA) is 59.8 Å².